The van der Waals surface area contributed by atoms with Crippen LogP contribution in [0.5, 0.6) is 0 Å². The Hall–Kier alpha value is -3.26. The summed E-state index contributed by atoms with van der Waals surface area (Å²) in [7, 11) is -3.75. The SMILES string of the molecule is CCn1c2ccccc2c2nnc(SCC(=O)Nc3ccc(S(=O)(=O)Nc4nccs4)cc3)nc21.Cl. The van der Waals surface area contributed by atoms with Gasteiger partial charge in [-0.15, -0.1) is 33.9 Å². The van der Waals surface area contributed by atoms with E-state index in [-0.39, 0.29) is 34.1 Å². The van der Waals surface area contributed by atoms with Crippen LogP contribution in [0.15, 0.2) is 70.2 Å². The van der Waals surface area contributed by atoms with Crippen molar-refractivity contribution in [3.8, 4) is 0 Å². The van der Waals surface area contributed by atoms with Crippen molar-refractivity contribution in [2.75, 3.05) is 15.8 Å². The van der Waals surface area contributed by atoms with Gasteiger partial charge in [-0.3, -0.25) is 9.52 Å². The molecule has 2 N–H and O–H groups in total. The van der Waals surface area contributed by atoms with Crippen LogP contribution in [0.2, 0.25) is 0 Å². The summed E-state index contributed by atoms with van der Waals surface area (Å²) in [6, 6.07) is 13.8. The van der Waals surface area contributed by atoms with E-state index in [4.69, 9.17) is 0 Å². The second-order valence-corrected chi connectivity index (χ2v) is 10.9. The molecule has 0 unspecified atom stereocenters. The minimum absolute atomic E-state index is 0. The lowest BCUT2D eigenvalue weighted by Crippen LogP contribution is -2.15. The predicted octanol–water partition coefficient (Wildman–Crippen LogP) is 4.41. The van der Waals surface area contributed by atoms with Crippen molar-refractivity contribution in [3.05, 3.63) is 60.1 Å². The summed E-state index contributed by atoms with van der Waals surface area (Å²) in [5.41, 5.74) is 2.98. The molecule has 0 aliphatic heterocycles. The molecule has 0 radical (unpaired) electrons. The van der Waals surface area contributed by atoms with E-state index in [0.29, 0.717) is 10.8 Å². The molecule has 2 aromatic carbocycles. The topological polar surface area (TPSA) is 132 Å². The normalized spacial score (nSPS) is 11.4. The van der Waals surface area contributed by atoms with Crippen LogP contribution in [-0.4, -0.2) is 44.8 Å². The zero-order chi connectivity index (χ0) is 24.4. The van der Waals surface area contributed by atoms with Gasteiger partial charge >= 0.3 is 0 Å². The number of carbonyl (C=O) groups is 1. The Labute approximate surface area is 221 Å². The molecule has 0 bridgehead atoms. The van der Waals surface area contributed by atoms with Crippen LogP contribution in [0.3, 0.4) is 0 Å². The fourth-order valence-electron chi connectivity index (χ4n) is 3.56. The highest BCUT2D eigenvalue weighted by Gasteiger charge is 2.17. The molecule has 0 aliphatic rings. The van der Waals surface area contributed by atoms with Gasteiger partial charge in [0.25, 0.3) is 10.0 Å². The van der Waals surface area contributed by atoms with E-state index in [0.717, 1.165) is 28.6 Å². The smallest absolute Gasteiger partial charge is 0.263 e. The average Bonchev–Trinajstić information content (AvgIpc) is 3.48. The molecule has 186 valence electrons. The van der Waals surface area contributed by atoms with E-state index in [9.17, 15) is 13.2 Å². The highest BCUT2D eigenvalue weighted by molar-refractivity contribution is 7.99. The number of para-hydroxylation sites is 1. The van der Waals surface area contributed by atoms with Gasteiger partial charge < -0.3 is 9.88 Å². The maximum atomic E-state index is 12.5. The van der Waals surface area contributed by atoms with Gasteiger partial charge in [0, 0.05) is 29.2 Å². The minimum atomic E-state index is -3.75. The number of benzene rings is 2. The van der Waals surface area contributed by atoms with Crippen molar-refractivity contribution in [1.29, 1.82) is 0 Å². The lowest BCUT2D eigenvalue weighted by Gasteiger charge is -2.08. The number of halogens is 1. The third-order valence-corrected chi connectivity index (χ3v) is 8.12. The summed E-state index contributed by atoms with van der Waals surface area (Å²) in [5, 5.41) is 14.6. The third kappa shape index (κ3) is 5.28. The fraction of sp³-hybridized carbons (Fsp3) is 0.136. The Bertz CT molecular complexity index is 1620. The van der Waals surface area contributed by atoms with Crippen molar-refractivity contribution in [1.82, 2.24) is 24.7 Å². The van der Waals surface area contributed by atoms with Crippen LogP contribution >= 0.6 is 35.5 Å². The van der Waals surface area contributed by atoms with Crippen LogP contribution in [0.25, 0.3) is 22.1 Å². The number of nitrogens with one attached hydrogen (secondary N) is 2. The van der Waals surface area contributed by atoms with Crippen molar-refractivity contribution >= 4 is 84.3 Å². The van der Waals surface area contributed by atoms with Gasteiger partial charge in [-0.1, -0.05) is 30.0 Å². The fourth-order valence-corrected chi connectivity index (χ4v) is 5.93. The molecule has 1 amide bonds. The van der Waals surface area contributed by atoms with Crippen molar-refractivity contribution in [3.63, 3.8) is 0 Å². The van der Waals surface area contributed by atoms with Crippen LogP contribution in [0, 0.1) is 0 Å². The molecule has 3 aromatic heterocycles. The highest BCUT2D eigenvalue weighted by Crippen LogP contribution is 2.27. The molecule has 10 nitrogen and oxygen atoms in total. The van der Waals surface area contributed by atoms with Gasteiger partial charge in [0.1, 0.15) is 5.52 Å². The molecular formula is C22H20ClN7O3S3. The first-order valence-electron chi connectivity index (χ1n) is 10.5. The number of rotatable bonds is 8. The standard InChI is InChI=1S/C22H19N7O3S3.ClH/c1-2-29-17-6-4-3-5-16(17)19-20(29)25-22(27-26-19)34-13-18(30)24-14-7-9-15(10-8-14)35(31,32)28-21-23-11-12-33-21;/h3-12H,2,13H2,1H3,(H,23,28)(H,24,30);1H. The number of thiazole rings is 1. The van der Waals surface area contributed by atoms with Gasteiger partial charge in [-0.25, -0.2) is 18.4 Å². The second kappa shape index (κ2) is 10.8. The maximum absolute atomic E-state index is 12.5. The van der Waals surface area contributed by atoms with Crippen molar-refractivity contribution in [2.45, 2.75) is 23.5 Å². The molecule has 14 heteroatoms. The number of hydrogen-bond donors (Lipinski definition) is 2. The first-order valence-corrected chi connectivity index (χ1v) is 13.9. The third-order valence-electron chi connectivity index (χ3n) is 5.11. The molecule has 0 saturated carbocycles. The van der Waals surface area contributed by atoms with Crippen LogP contribution in [-0.2, 0) is 21.4 Å². The zero-order valence-corrected chi connectivity index (χ0v) is 22.0. The van der Waals surface area contributed by atoms with E-state index in [1.54, 1.807) is 5.38 Å². The largest absolute Gasteiger partial charge is 0.325 e. The number of hydrogen-bond acceptors (Lipinski definition) is 9. The number of nitrogens with zero attached hydrogens (tertiary/aromatic N) is 5. The number of aromatic nitrogens is 5. The summed E-state index contributed by atoms with van der Waals surface area (Å²) >= 11 is 2.37. The average molecular weight is 562 g/mol. The molecule has 5 aromatic rings. The van der Waals surface area contributed by atoms with Crippen LogP contribution in [0.1, 0.15) is 6.92 Å². The summed E-state index contributed by atoms with van der Waals surface area (Å²) in [6.07, 6.45) is 1.52. The molecule has 0 saturated heterocycles. The maximum Gasteiger partial charge on any atom is 0.263 e. The first kappa shape index (κ1) is 25.8. The van der Waals surface area contributed by atoms with E-state index in [1.165, 1.54) is 53.6 Å². The van der Waals surface area contributed by atoms with Crippen molar-refractivity contribution < 1.29 is 13.2 Å². The van der Waals surface area contributed by atoms with E-state index in [2.05, 4.69) is 34.8 Å². The van der Waals surface area contributed by atoms with Gasteiger partial charge in [-0.2, -0.15) is 0 Å². The lowest BCUT2D eigenvalue weighted by molar-refractivity contribution is -0.113. The van der Waals surface area contributed by atoms with E-state index in [1.807, 2.05) is 31.2 Å². The quantitative estimate of drug-likeness (QED) is 0.266. The number of thioether (sulfide) groups is 1. The van der Waals surface area contributed by atoms with Crippen LogP contribution in [0.4, 0.5) is 10.8 Å². The van der Waals surface area contributed by atoms with Crippen molar-refractivity contribution in [2.24, 2.45) is 0 Å². The predicted molar refractivity (Wildman–Crippen MR) is 144 cm³/mol. The minimum Gasteiger partial charge on any atom is -0.325 e. The number of amides is 1. The summed E-state index contributed by atoms with van der Waals surface area (Å²) < 4.78 is 29.3. The lowest BCUT2D eigenvalue weighted by atomic mass is 10.2. The molecular weight excluding hydrogens is 542 g/mol. The zero-order valence-electron chi connectivity index (χ0n) is 18.8. The number of aryl methyl sites for hydroxylation is 1. The number of fused-ring (bicyclic) bond motifs is 3. The monoisotopic (exact) mass is 561 g/mol. The van der Waals surface area contributed by atoms with Gasteiger partial charge in [-0.05, 0) is 37.3 Å². The number of anilines is 2. The Morgan fingerprint density at radius 2 is 1.89 bits per heavy atom. The Morgan fingerprint density at radius 1 is 1.11 bits per heavy atom. The van der Waals surface area contributed by atoms with Gasteiger partial charge in [0.15, 0.2) is 10.8 Å². The van der Waals surface area contributed by atoms with Crippen LogP contribution < -0.4 is 10.0 Å². The molecule has 3 heterocycles. The van der Waals surface area contributed by atoms with Gasteiger partial charge in [0.2, 0.25) is 11.1 Å². The second-order valence-electron chi connectivity index (χ2n) is 7.33. The number of carbonyl (C=O) groups excluding carboxylic acids is 1. The molecule has 0 atom stereocenters. The Balaban J connectivity index is 0.00000304. The van der Waals surface area contributed by atoms with Gasteiger partial charge in [0.05, 0.1) is 16.2 Å². The Morgan fingerprint density at radius 3 is 2.61 bits per heavy atom. The summed E-state index contributed by atoms with van der Waals surface area (Å²) in [5.74, 6) is -0.197. The summed E-state index contributed by atoms with van der Waals surface area (Å²) in [4.78, 5) is 21.1. The molecule has 0 aliphatic carbocycles. The van der Waals surface area contributed by atoms with E-state index >= 15 is 0 Å². The highest BCUT2D eigenvalue weighted by atomic mass is 35.5. The van der Waals surface area contributed by atoms with E-state index < -0.39 is 10.0 Å². The Kier molecular flexibility index (Phi) is 7.73. The first-order chi connectivity index (χ1) is 16.9. The molecule has 5 rings (SSSR count). The molecule has 0 spiro atoms. The molecule has 0 fully saturated rings. The summed E-state index contributed by atoms with van der Waals surface area (Å²) in [6.45, 7) is 2.78. The molecule has 36 heavy (non-hydrogen) atoms. The number of sulfonamides is 1.